The van der Waals surface area contributed by atoms with Gasteiger partial charge in [-0.05, 0) is 31.9 Å². The molecule has 0 aromatic heterocycles. The van der Waals surface area contributed by atoms with Gasteiger partial charge in [-0.2, -0.15) is 0 Å². The largest absolute Gasteiger partial charge is 0.398 e. The number of benzene rings is 1. The highest BCUT2D eigenvalue weighted by Gasteiger charge is 2.23. The molecule has 1 saturated heterocycles. The Hall–Kier alpha value is -1.18. The van der Waals surface area contributed by atoms with Crippen LogP contribution in [0.4, 0.5) is 10.1 Å². The van der Waals surface area contributed by atoms with E-state index < -0.39 is 15.8 Å². The van der Waals surface area contributed by atoms with Crippen molar-refractivity contribution in [1.82, 2.24) is 4.72 Å². The Morgan fingerprint density at radius 2 is 2.00 bits per heavy atom. The molecule has 5 nitrogen and oxygen atoms in total. The molecule has 1 heterocycles. The third kappa shape index (κ3) is 3.23. The van der Waals surface area contributed by atoms with Crippen LogP contribution in [0.2, 0.25) is 0 Å². The first-order valence-electron chi connectivity index (χ1n) is 6.06. The van der Waals surface area contributed by atoms with Crippen LogP contribution < -0.4 is 10.5 Å². The second-order valence-electron chi connectivity index (χ2n) is 4.63. The Kier molecular flexibility index (Phi) is 4.07. The summed E-state index contributed by atoms with van der Waals surface area (Å²) in [4.78, 5) is -0.139. The first-order valence-corrected chi connectivity index (χ1v) is 7.54. The molecule has 3 N–H and O–H groups in total. The minimum absolute atomic E-state index is 0.132. The molecule has 1 aliphatic heterocycles. The summed E-state index contributed by atoms with van der Waals surface area (Å²) in [6, 6.07) is 2.09. The predicted octanol–water partition coefficient (Wildman–Crippen LogP) is 1.17. The Balaban J connectivity index is 2.24. The predicted molar refractivity (Wildman–Crippen MR) is 69.7 cm³/mol. The van der Waals surface area contributed by atoms with Crippen LogP contribution in [0.5, 0.6) is 0 Å². The van der Waals surface area contributed by atoms with E-state index in [1.807, 2.05) is 0 Å². The normalized spacial score (nSPS) is 17.6. The van der Waals surface area contributed by atoms with Crippen molar-refractivity contribution >= 4 is 15.7 Å². The van der Waals surface area contributed by atoms with Crippen molar-refractivity contribution in [2.24, 2.45) is 0 Å². The molecule has 7 heteroatoms. The van der Waals surface area contributed by atoms with Crippen LogP contribution in [-0.2, 0) is 14.8 Å². The molecule has 1 aliphatic rings. The van der Waals surface area contributed by atoms with Crippen LogP contribution >= 0.6 is 0 Å². The number of halogens is 1. The number of sulfonamides is 1. The van der Waals surface area contributed by atoms with Crippen LogP contribution in [0.25, 0.3) is 0 Å². The summed E-state index contributed by atoms with van der Waals surface area (Å²) in [6.07, 6.45) is 1.23. The summed E-state index contributed by atoms with van der Waals surface area (Å²) in [5.74, 6) is -0.618. The van der Waals surface area contributed by atoms with Gasteiger partial charge >= 0.3 is 0 Å². The Bertz CT molecular complexity index is 545. The molecule has 19 heavy (non-hydrogen) atoms. The smallest absolute Gasteiger partial charge is 0.241 e. The minimum Gasteiger partial charge on any atom is -0.398 e. The van der Waals surface area contributed by atoms with Crippen molar-refractivity contribution in [3.63, 3.8) is 0 Å². The molecule has 0 spiro atoms. The molecule has 0 saturated carbocycles. The summed E-state index contributed by atoms with van der Waals surface area (Å²) in [6.45, 7) is 2.56. The Labute approximate surface area is 112 Å². The highest BCUT2D eigenvalue weighted by atomic mass is 32.2. The summed E-state index contributed by atoms with van der Waals surface area (Å²) >= 11 is 0. The average Bonchev–Trinajstić information content (AvgIpc) is 2.36. The summed E-state index contributed by atoms with van der Waals surface area (Å²) in [5.41, 5.74) is 5.99. The maximum Gasteiger partial charge on any atom is 0.241 e. The molecule has 0 atom stereocenters. The number of nitrogens with one attached hydrogen (secondary N) is 1. The zero-order valence-corrected chi connectivity index (χ0v) is 11.5. The highest BCUT2D eigenvalue weighted by molar-refractivity contribution is 7.89. The molecular formula is C12H17FN2O3S. The molecular weight excluding hydrogens is 271 g/mol. The van der Waals surface area contributed by atoms with E-state index in [2.05, 4.69) is 4.72 Å². The van der Waals surface area contributed by atoms with Gasteiger partial charge in [0, 0.05) is 30.5 Å². The van der Waals surface area contributed by atoms with Crippen LogP contribution in [-0.4, -0.2) is 27.7 Å². The third-order valence-electron chi connectivity index (χ3n) is 3.21. The third-order valence-corrected chi connectivity index (χ3v) is 4.71. The van der Waals surface area contributed by atoms with Crippen molar-refractivity contribution in [3.05, 3.63) is 23.5 Å². The van der Waals surface area contributed by atoms with E-state index >= 15 is 0 Å². The van der Waals surface area contributed by atoms with Gasteiger partial charge in [0.05, 0.1) is 4.90 Å². The van der Waals surface area contributed by atoms with Gasteiger partial charge in [-0.25, -0.2) is 17.5 Å². The standard InChI is InChI=1S/C12H17FN2O3S/c1-8-11(13)6-10(7-12(8)14)19(16,17)15-9-2-4-18-5-3-9/h6-7,9,15H,2-5,14H2,1H3. The molecule has 0 unspecified atom stereocenters. The van der Waals surface area contributed by atoms with E-state index in [0.717, 1.165) is 6.07 Å². The second-order valence-corrected chi connectivity index (χ2v) is 6.34. The molecule has 1 aromatic carbocycles. The fourth-order valence-corrected chi connectivity index (χ4v) is 3.28. The van der Waals surface area contributed by atoms with Crippen molar-refractivity contribution in [2.45, 2.75) is 30.7 Å². The van der Waals surface area contributed by atoms with E-state index in [9.17, 15) is 12.8 Å². The topological polar surface area (TPSA) is 81.4 Å². The highest BCUT2D eigenvalue weighted by Crippen LogP contribution is 2.21. The number of nitrogens with two attached hydrogens (primary N) is 1. The monoisotopic (exact) mass is 288 g/mol. The average molecular weight is 288 g/mol. The lowest BCUT2D eigenvalue weighted by Gasteiger charge is -2.23. The van der Waals surface area contributed by atoms with Crippen molar-refractivity contribution < 1.29 is 17.5 Å². The maximum absolute atomic E-state index is 13.6. The maximum atomic E-state index is 13.6. The zero-order valence-electron chi connectivity index (χ0n) is 10.6. The molecule has 1 aromatic rings. The Morgan fingerprint density at radius 3 is 2.58 bits per heavy atom. The SMILES string of the molecule is Cc1c(N)cc(S(=O)(=O)NC2CCOCC2)cc1F. The summed E-state index contributed by atoms with van der Waals surface area (Å²) < 4.78 is 45.6. The van der Waals surface area contributed by atoms with Gasteiger partial charge in [-0.15, -0.1) is 0 Å². The van der Waals surface area contributed by atoms with E-state index in [1.165, 1.54) is 13.0 Å². The molecule has 0 aliphatic carbocycles. The van der Waals surface area contributed by atoms with Gasteiger partial charge in [0.15, 0.2) is 0 Å². The first kappa shape index (κ1) is 14.2. The minimum atomic E-state index is -3.75. The fourth-order valence-electron chi connectivity index (χ4n) is 1.93. The molecule has 0 bridgehead atoms. The van der Waals surface area contributed by atoms with Crippen molar-refractivity contribution in [3.8, 4) is 0 Å². The quantitative estimate of drug-likeness (QED) is 0.818. The number of ether oxygens (including phenoxy) is 1. The zero-order chi connectivity index (χ0) is 14.0. The molecule has 0 radical (unpaired) electrons. The first-order chi connectivity index (χ1) is 8.90. The van der Waals surface area contributed by atoms with Crippen LogP contribution in [0.3, 0.4) is 0 Å². The van der Waals surface area contributed by atoms with Crippen molar-refractivity contribution in [2.75, 3.05) is 18.9 Å². The molecule has 2 rings (SSSR count). The van der Waals surface area contributed by atoms with E-state index in [-0.39, 0.29) is 22.2 Å². The lowest BCUT2D eigenvalue weighted by Crippen LogP contribution is -2.38. The number of nitrogen functional groups attached to an aromatic ring is 1. The van der Waals surface area contributed by atoms with E-state index in [1.54, 1.807) is 0 Å². The molecule has 106 valence electrons. The van der Waals surface area contributed by atoms with Crippen molar-refractivity contribution in [1.29, 1.82) is 0 Å². The van der Waals surface area contributed by atoms with E-state index in [4.69, 9.17) is 10.5 Å². The van der Waals surface area contributed by atoms with Gasteiger partial charge in [0.2, 0.25) is 10.0 Å². The number of hydrogen-bond acceptors (Lipinski definition) is 4. The van der Waals surface area contributed by atoms with E-state index in [0.29, 0.717) is 26.1 Å². The van der Waals surface area contributed by atoms with Gasteiger partial charge in [0.25, 0.3) is 0 Å². The fraction of sp³-hybridized carbons (Fsp3) is 0.500. The Morgan fingerprint density at radius 1 is 1.37 bits per heavy atom. The molecule has 1 fully saturated rings. The van der Waals surface area contributed by atoms with Gasteiger partial charge in [-0.3, -0.25) is 0 Å². The van der Waals surface area contributed by atoms with Gasteiger partial charge < -0.3 is 10.5 Å². The van der Waals surface area contributed by atoms with Crippen LogP contribution in [0, 0.1) is 12.7 Å². The number of hydrogen-bond donors (Lipinski definition) is 2. The number of anilines is 1. The van der Waals surface area contributed by atoms with Crippen LogP contribution in [0.1, 0.15) is 18.4 Å². The summed E-state index contributed by atoms with van der Waals surface area (Å²) in [5, 5.41) is 0. The van der Waals surface area contributed by atoms with Gasteiger partial charge in [0.1, 0.15) is 5.82 Å². The molecule has 0 amide bonds. The summed E-state index contributed by atoms with van der Waals surface area (Å²) in [7, 11) is -3.75. The lowest BCUT2D eigenvalue weighted by atomic mass is 10.1. The number of rotatable bonds is 3. The van der Waals surface area contributed by atoms with Gasteiger partial charge in [-0.1, -0.05) is 0 Å². The lowest BCUT2D eigenvalue weighted by molar-refractivity contribution is 0.0832. The second kappa shape index (κ2) is 5.44. The van der Waals surface area contributed by atoms with Crippen LogP contribution in [0.15, 0.2) is 17.0 Å².